The second kappa shape index (κ2) is 7.99. The van der Waals surface area contributed by atoms with Gasteiger partial charge in [0.05, 0.1) is 0 Å². The summed E-state index contributed by atoms with van der Waals surface area (Å²) in [5.41, 5.74) is 2.93. The van der Waals surface area contributed by atoms with Crippen molar-refractivity contribution in [3.05, 3.63) is 75.2 Å². The highest BCUT2D eigenvalue weighted by Gasteiger charge is 2.30. The fourth-order valence-electron chi connectivity index (χ4n) is 3.65. The van der Waals surface area contributed by atoms with Gasteiger partial charge in [-0.15, -0.1) is 5.10 Å². The average Bonchev–Trinajstić information content (AvgIpc) is 3.47. The average molecular weight is 410 g/mol. The highest BCUT2D eigenvalue weighted by Crippen LogP contribution is 2.36. The molecule has 0 aliphatic heterocycles. The predicted molar refractivity (Wildman–Crippen MR) is 114 cm³/mol. The summed E-state index contributed by atoms with van der Waals surface area (Å²) in [6.45, 7) is 4.08. The van der Waals surface area contributed by atoms with Crippen LogP contribution in [0.1, 0.15) is 49.3 Å². The summed E-state index contributed by atoms with van der Waals surface area (Å²) in [7, 11) is 0. The highest BCUT2D eigenvalue weighted by atomic mass is 35.5. The first-order chi connectivity index (χ1) is 13.9. The van der Waals surface area contributed by atoms with Gasteiger partial charge in [-0.2, -0.15) is 0 Å². The minimum Gasteiger partial charge on any atom is -0.298 e. The Hall–Kier alpha value is -2.66. The van der Waals surface area contributed by atoms with Gasteiger partial charge in [0.1, 0.15) is 6.54 Å². The standard InChI is InChI=1S/C23H24ClN3O2/c1-15-4-3-5-18(12-15)16(2)13-21(28)14-26-23(29)27(20-10-11-20)22(25-26)17-6-8-19(24)9-7-17/h3-9,12,16,20H,10-11,13-14H2,1-2H3. The van der Waals surface area contributed by atoms with Gasteiger partial charge in [-0.25, -0.2) is 9.48 Å². The number of rotatable bonds is 7. The lowest BCUT2D eigenvalue weighted by Gasteiger charge is -2.11. The number of benzene rings is 2. The number of ketones is 1. The van der Waals surface area contributed by atoms with Crippen LogP contribution in [-0.2, 0) is 11.3 Å². The van der Waals surface area contributed by atoms with Crippen LogP contribution in [-0.4, -0.2) is 20.1 Å². The van der Waals surface area contributed by atoms with Crippen molar-refractivity contribution in [1.82, 2.24) is 14.3 Å². The van der Waals surface area contributed by atoms with Crippen LogP contribution < -0.4 is 5.69 Å². The molecule has 1 unspecified atom stereocenters. The van der Waals surface area contributed by atoms with E-state index >= 15 is 0 Å². The number of nitrogens with zero attached hydrogens (tertiary/aromatic N) is 3. The number of halogens is 1. The Balaban J connectivity index is 1.55. The molecule has 0 amide bonds. The van der Waals surface area contributed by atoms with E-state index in [9.17, 15) is 9.59 Å². The second-order valence-corrected chi connectivity index (χ2v) is 8.37. The molecule has 1 aliphatic carbocycles. The highest BCUT2D eigenvalue weighted by molar-refractivity contribution is 6.30. The number of aromatic nitrogens is 3. The van der Waals surface area contributed by atoms with E-state index in [-0.39, 0.29) is 30.0 Å². The number of hydrogen-bond acceptors (Lipinski definition) is 3. The third-order valence-electron chi connectivity index (χ3n) is 5.36. The SMILES string of the molecule is Cc1cccc(C(C)CC(=O)Cn2nc(-c3ccc(Cl)cc3)n(C3CC3)c2=O)c1. The largest absolute Gasteiger partial charge is 0.346 e. The molecule has 0 saturated heterocycles. The van der Waals surface area contributed by atoms with Crippen LogP contribution in [0.15, 0.2) is 53.3 Å². The fourth-order valence-corrected chi connectivity index (χ4v) is 3.77. The molecule has 2 aromatic carbocycles. The summed E-state index contributed by atoms with van der Waals surface area (Å²) in [6, 6.07) is 15.6. The fraction of sp³-hybridized carbons (Fsp3) is 0.348. The van der Waals surface area contributed by atoms with Crippen molar-refractivity contribution in [3.8, 4) is 11.4 Å². The van der Waals surface area contributed by atoms with Crippen LogP contribution in [0.5, 0.6) is 0 Å². The van der Waals surface area contributed by atoms with Gasteiger partial charge in [0.25, 0.3) is 0 Å². The maximum atomic E-state index is 12.9. The van der Waals surface area contributed by atoms with E-state index in [1.54, 1.807) is 16.7 Å². The number of Topliss-reactive ketones (excluding diaryl/α,β-unsaturated/α-hetero) is 1. The Labute approximate surface area is 174 Å². The van der Waals surface area contributed by atoms with Crippen LogP contribution in [0.3, 0.4) is 0 Å². The van der Waals surface area contributed by atoms with Gasteiger partial charge in [-0.3, -0.25) is 9.36 Å². The third kappa shape index (κ3) is 4.35. The van der Waals surface area contributed by atoms with Crippen molar-refractivity contribution >= 4 is 17.4 Å². The summed E-state index contributed by atoms with van der Waals surface area (Å²) < 4.78 is 3.04. The van der Waals surface area contributed by atoms with Crippen molar-refractivity contribution < 1.29 is 4.79 Å². The third-order valence-corrected chi connectivity index (χ3v) is 5.61. The monoisotopic (exact) mass is 409 g/mol. The van der Waals surface area contributed by atoms with E-state index in [0.29, 0.717) is 17.3 Å². The molecule has 1 atom stereocenters. The maximum Gasteiger partial charge on any atom is 0.346 e. The lowest BCUT2D eigenvalue weighted by molar-refractivity contribution is -0.120. The van der Waals surface area contributed by atoms with Crippen molar-refractivity contribution in [3.63, 3.8) is 0 Å². The van der Waals surface area contributed by atoms with Gasteiger partial charge in [-0.1, -0.05) is 48.4 Å². The Morgan fingerprint density at radius 2 is 1.93 bits per heavy atom. The predicted octanol–water partition coefficient (Wildman–Crippen LogP) is 4.77. The molecule has 1 aliphatic rings. The Morgan fingerprint density at radius 3 is 2.59 bits per heavy atom. The van der Waals surface area contributed by atoms with Gasteiger partial charge >= 0.3 is 5.69 Å². The molecule has 4 rings (SSSR count). The molecule has 0 N–H and O–H groups in total. The van der Waals surface area contributed by atoms with E-state index in [4.69, 9.17) is 11.6 Å². The zero-order valence-electron chi connectivity index (χ0n) is 16.6. The molecule has 6 heteroatoms. The number of hydrogen-bond donors (Lipinski definition) is 0. The first-order valence-corrected chi connectivity index (χ1v) is 10.3. The summed E-state index contributed by atoms with van der Waals surface area (Å²) >= 11 is 5.99. The summed E-state index contributed by atoms with van der Waals surface area (Å²) in [5.74, 6) is 0.706. The van der Waals surface area contributed by atoms with E-state index in [1.165, 1.54) is 10.2 Å². The van der Waals surface area contributed by atoms with Crippen LogP contribution in [0, 0.1) is 6.92 Å². The molecule has 3 aromatic rings. The van der Waals surface area contributed by atoms with Crippen LogP contribution in [0.2, 0.25) is 5.02 Å². The van der Waals surface area contributed by atoms with Crippen molar-refractivity contribution in [2.24, 2.45) is 0 Å². The smallest absolute Gasteiger partial charge is 0.298 e. The molecule has 0 radical (unpaired) electrons. The summed E-state index contributed by atoms with van der Waals surface area (Å²) in [6.07, 6.45) is 2.30. The van der Waals surface area contributed by atoms with Gasteiger partial charge < -0.3 is 0 Å². The molecule has 1 aromatic heterocycles. The first kappa shape index (κ1) is 19.6. The van der Waals surface area contributed by atoms with Crippen molar-refractivity contribution in [2.45, 2.75) is 51.6 Å². The van der Waals surface area contributed by atoms with Crippen LogP contribution in [0.4, 0.5) is 0 Å². The van der Waals surface area contributed by atoms with Gasteiger partial charge in [0, 0.05) is 23.0 Å². The Kier molecular flexibility index (Phi) is 5.41. The normalized spacial score (nSPS) is 14.7. The number of carbonyl (C=O) groups is 1. The lowest BCUT2D eigenvalue weighted by atomic mass is 9.94. The molecule has 5 nitrogen and oxygen atoms in total. The van der Waals surface area contributed by atoms with Crippen LogP contribution >= 0.6 is 11.6 Å². The number of carbonyl (C=O) groups excluding carboxylic acids is 1. The molecular weight excluding hydrogens is 386 g/mol. The first-order valence-electron chi connectivity index (χ1n) is 9.96. The lowest BCUT2D eigenvalue weighted by Crippen LogP contribution is -2.28. The van der Waals surface area contributed by atoms with Gasteiger partial charge in [0.15, 0.2) is 11.6 Å². The molecule has 150 valence electrons. The van der Waals surface area contributed by atoms with E-state index < -0.39 is 0 Å². The van der Waals surface area contributed by atoms with Gasteiger partial charge in [-0.05, 0) is 55.5 Å². The molecule has 29 heavy (non-hydrogen) atoms. The Morgan fingerprint density at radius 1 is 1.21 bits per heavy atom. The Bertz CT molecular complexity index is 1090. The van der Waals surface area contributed by atoms with Crippen molar-refractivity contribution in [2.75, 3.05) is 0 Å². The maximum absolute atomic E-state index is 12.9. The molecule has 1 fully saturated rings. The number of aryl methyl sites for hydroxylation is 1. The topological polar surface area (TPSA) is 56.9 Å². The second-order valence-electron chi connectivity index (χ2n) is 7.93. The molecule has 1 saturated carbocycles. The van der Waals surface area contributed by atoms with Gasteiger partial charge in [0.2, 0.25) is 0 Å². The summed E-state index contributed by atoms with van der Waals surface area (Å²) in [4.78, 5) is 25.6. The molecule has 0 bridgehead atoms. The zero-order valence-corrected chi connectivity index (χ0v) is 17.4. The molecule has 0 spiro atoms. The minimum absolute atomic E-state index is 0.00390. The summed E-state index contributed by atoms with van der Waals surface area (Å²) in [5, 5.41) is 5.14. The molecule has 1 heterocycles. The van der Waals surface area contributed by atoms with Crippen LogP contribution in [0.25, 0.3) is 11.4 Å². The quantitative estimate of drug-likeness (QED) is 0.564. The van der Waals surface area contributed by atoms with E-state index in [0.717, 1.165) is 24.0 Å². The van der Waals surface area contributed by atoms with Crippen molar-refractivity contribution in [1.29, 1.82) is 0 Å². The minimum atomic E-state index is -0.214. The molecular formula is C23H24ClN3O2. The van der Waals surface area contributed by atoms with E-state index in [1.807, 2.05) is 44.2 Å². The van der Waals surface area contributed by atoms with E-state index in [2.05, 4.69) is 11.2 Å². The zero-order chi connectivity index (χ0) is 20.5.